The number of nitrogens with zero attached hydrogens (tertiary/aromatic N) is 1. The van der Waals surface area contributed by atoms with Crippen LogP contribution in [0.4, 0.5) is 5.69 Å². The molecule has 0 aliphatic heterocycles. The van der Waals surface area contributed by atoms with Gasteiger partial charge >= 0.3 is 11.8 Å². The highest BCUT2D eigenvalue weighted by atomic mass is 16.2. The van der Waals surface area contributed by atoms with Gasteiger partial charge in [0, 0.05) is 17.8 Å². The number of hydrogen-bond donors (Lipinski definition) is 1. The average molecular weight is 326 g/mol. The lowest BCUT2D eigenvalue weighted by Gasteiger charge is -2.56. The van der Waals surface area contributed by atoms with E-state index < -0.39 is 11.8 Å². The number of carbonyl (C=O) groups excluding carboxylic acids is 2. The van der Waals surface area contributed by atoms with E-state index in [2.05, 4.69) is 5.32 Å². The van der Waals surface area contributed by atoms with E-state index in [9.17, 15) is 9.59 Å². The molecule has 0 spiro atoms. The van der Waals surface area contributed by atoms with Gasteiger partial charge < -0.3 is 10.2 Å². The SMILES string of the molecule is CCN(C(=O)C(=O)NC12CC3CC(CC(C3)C1)C2)c1ccccc1. The molecule has 4 nitrogen and oxygen atoms in total. The summed E-state index contributed by atoms with van der Waals surface area (Å²) in [4.78, 5) is 27.0. The van der Waals surface area contributed by atoms with Gasteiger partial charge in [0.05, 0.1) is 0 Å². The topological polar surface area (TPSA) is 49.4 Å². The van der Waals surface area contributed by atoms with E-state index in [1.165, 1.54) is 19.3 Å². The monoisotopic (exact) mass is 326 g/mol. The quantitative estimate of drug-likeness (QED) is 0.868. The highest BCUT2D eigenvalue weighted by Gasteiger charge is 2.52. The van der Waals surface area contributed by atoms with Gasteiger partial charge in [-0.15, -0.1) is 0 Å². The van der Waals surface area contributed by atoms with E-state index >= 15 is 0 Å². The van der Waals surface area contributed by atoms with Gasteiger partial charge in [0.25, 0.3) is 0 Å². The predicted octanol–water partition coefficient (Wildman–Crippen LogP) is 3.12. The van der Waals surface area contributed by atoms with Crippen LogP contribution >= 0.6 is 0 Å². The van der Waals surface area contributed by atoms with Gasteiger partial charge in [0.15, 0.2) is 0 Å². The molecule has 4 fully saturated rings. The summed E-state index contributed by atoms with van der Waals surface area (Å²) in [6.07, 6.45) is 7.18. The van der Waals surface area contributed by atoms with Crippen LogP contribution in [0.3, 0.4) is 0 Å². The summed E-state index contributed by atoms with van der Waals surface area (Å²) in [5, 5.41) is 3.18. The molecule has 4 aliphatic carbocycles. The highest BCUT2D eigenvalue weighted by Crippen LogP contribution is 2.55. The van der Waals surface area contributed by atoms with Gasteiger partial charge in [0.1, 0.15) is 0 Å². The Morgan fingerprint density at radius 1 is 1.04 bits per heavy atom. The first-order chi connectivity index (χ1) is 11.6. The first-order valence-corrected chi connectivity index (χ1v) is 9.27. The van der Waals surface area contributed by atoms with Crippen LogP contribution in [0.15, 0.2) is 30.3 Å². The van der Waals surface area contributed by atoms with E-state index in [0.29, 0.717) is 6.54 Å². The third-order valence-corrected chi connectivity index (χ3v) is 6.24. The van der Waals surface area contributed by atoms with Crippen LogP contribution in [-0.2, 0) is 9.59 Å². The van der Waals surface area contributed by atoms with Crippen molar-refractivity contribution in [3.63, 3.8) is 0 Å². The zero-order valence-electron chi connectivity index (χ0n) is 14.3. The minimum atomic E-state index is -0.431. The fourth-order valence-electron chi connectivity index (χ4n) is 5.73. The van der Waals surface area contributed by atoms with E-state index in [1.807, 2.05) is 37.3 Å². The van der Waals surface area contributed by atoms with Crippen molar-refractivity contribution in [3.8, 4) is 0 Å². The van der Waals surface area contributed by atoms with E-state index in [4.69, 9.17) is 0 Å². The lowest BCUT2D eigenvalue weighted by molar-refractivity contribution is -0.141. The Balaban J connectivity index is 1.48. The Kier molecular flexibility index (Phi) is 3.86. The minimum absolute atomic E-state index is 0.113. The second kappa shape index (κ2) is 5.91. The van der Waals surface area contributed by atoms with Crippen LogP contribution in [0, 0.1) is 17.8 Å². The molecule has 4 saturated carbocycles. The largest absolute Gasteiger partial charge is 0.342 e. The fraction of sp³-hybridized carbons (Fsp3) is 0.600. The van der Waals surface area contributed by atoms with Crippen LogP contribution in [0.2, 0.25) is 0 Å². The molecule has 1 aromatic rings. The fourth-order valence-corrected chi connectivity index (χ4v) is 5.73. The van der Waals surface area contributed by atoms with Gasteiger partial charge in [-0.1, -0.05) is 18.2 Å². The predicted molar refractivity (Wildman–Crippen MR) is 93.5 cm³/mol. The molecule has 4 bridgehead atoms. The molecule has 2 amide bonds. The molecule has 1 N–H and O–H groups in total. The Morgan fingerprint density at radius 2 is 1.58 bits per heavy atom. The number of amides is 2. The molecule has 0 saturated heterocycles. The number of likely N-dealkylation sites (N-methyl/N-ethyl adjacent to an activating group) is 1. The zero-order valence-corrected chi connectivity index (χ0v) is 14.3. The molecule has 1 aromatic carbocycles. The van der Waals surface area contributed by atoms with Gasteiger partial charge in [0.2, 0.25) is 0 Å². The van der Waals surface area contributed by atoms with Crippen molar-refractivity contribution in [1.82, 2.24) is 5.32 Å². The van der Waals surface area contributed by atoms with Crippen LogP contribution in [0.1, 0.15) is 45.4 Å². The Labute approximate surface area is 143 Å². The summed E-state index contributed by atoms with van der Waals surface area (Å²) in [6, 6.07) is 9.45. The molecule has 128 valence electrons. The number of rotatable bonds is 3. The van der Waals surface area contributed by atoms with Crippen molar-refractivity contribution in [2.75, 3.05) is 11.4 Å². The molecular formula is C20H26N2O2. The van der Waals surface area contributed by atoms with E-state index in [0.717, 1.165) is 42.7 Å². The summed E-state index contributed by atoms with van der Waals surface area (Å²) < 4.78 is 0. The summed E-state index contributed by atoms with van der Waals surface area (Å²) in [6.45, 7) is 2.40. The summed E-state index contributed by atoms with van der Waals surface area (Å²) in [5.41, 5.74) is 0.670. The second-order valence-electron chi connectivity index (χ2n) is 8.04. The Morgan fingerprint density at radius 3 is 2.08 bits per heavy atom. The maximum Gasteiger partial charge on any atom is 0.316 e. The number of hydrogen-bond acceptors (Lipinski definition) is 2. The molecule has 24 heavy (non-hydrogen) atoms. The lowest BCUT2D eigenvalue weighted by atomic mass is 9.53. The normalized spacial score (nSPS) is 33.3. The Bertz CT molecular complexity index is 605. The first-order valence-electron chi connectivity index (χ1n) is 9.27. The number of para-hydroxylation sites is 1. The van der Waals surface area contributed by atoms with Crippen molar-refractivity contribution >= 4 is 17.5 Å². The van der Waals surface area contributed by atoms with Crippen molar-refractivity contribution in [3.05, 3.63) is 30.3 Å². The van der Waals surface area contributed by atoms with Crippen LogP contribution < -0.4 is 10.2 Å². The summed E-state index contributed by atoms with van der Waals surface area (Å²) in [7, 11) is 0. The molecule has 4 aliphatic rings. The maximum absolute atomic E-state index is 12.7. The van der Waals surface area contributed by atoms with Crippen molar-refractivity contribution in [2.24, 2.45) is 17.8 Å². The first kappa shape index (κ1) is 15.7. The third-order valence-electron chi connectivity index (χ3n) is 6.24. The number of nitrogens with one attached hydrogen (secondary N) is 1. The number of anilines is 1. The second-order valence-corrected chi connectivity index (χ2v) is 8.04. The van der Waals surface area contributed by atoms with Crippen LogP contribution in [0.25, 0.3) is 0 Å². The van der Waals surface area contributed by atoms with Gasteiger partial charge in [-0.05, 0) is 75.3 Å². The maximum atomic E-state index is 12.7. The molecule has 0 atom stereocenters. The third kappa shape index (κ3) is 2.72. The smallest absolute Gasteiger partial charge is 0.316 e. The lowest BCUT2D eigenvalue weighted by Crippen LogP contribution is -2.62. The van der Waals surface area contributed by atoms with Crippen LogP contribution in [-0.4, -0.2) is 23.9 Å². The van der Waals surface area contributed by atoms with Gasteiger partial charge in [-0.2, -0.15) is 0 Å². The molecule has 4 heteroatoms. The van der Waals surface area contributed by atoms with E-state index in [-0.39, 0.29) is 5.54 Å². The van der Waals surface area contributed by atoms with Crippen molar-refractivity contribution in [1.29, 1.82) is 0 Å². The van der Waals surface area contributed by atoms with Gasteiger partial charge in [-0.25, -0.2) is 0 Å². The molecule has 0 radical (unpaired) electrons. The average Bonchev–Trinajstić information content (AvgIpc) is 2.54. The molecule has 0 aromatic heterocycles. The molecule has 5 rings (SSSR count). The molecule has 0 unspecified atom stereocenters. The summed E-state index contributed by atoms with van der Waals surface area (Å²) >= 11 is 0. The minimum Gasteiger partial charge on any atom is -0.342 e. The Hall–Kier alpha value is -1.84. The van der Waals surface area contributed by atoms with Crippen LogP contribution in [0.5, 0.6) is 0 Å². The number of benzene rings is 1. The molecular weight excluding hydrogens is 300 g/mol. The van der Waals surface area contributed by atoms with Crippen molar-refractivity contribution < 1.29 is 9.59 Å². The standard InChI is InChI=1S/C20H26N2O2/c1-2-22(17-6-4-3-5-7-17)19(24)18(23)21-20-11-14-8-15(12-20)10-16(9-14)13-20/h3-7,14-16H,2,8-13H2,1H3,(H,21,23). The summed E-state index contributed by atoms with van der Waals surface area (Å²) in [5.74, 6) is 1.40. The zero-order chi connectivity index (χ0) is 16.7. The number of carbonyl (C=O) groups is 2. The van der Waals surface area contributed by atoms with Gasteiger partial charge in [-0.3, -0.25) is 9.59 Å². The van der Waals surface area contributed by atoms with Crippen molar-refractivity contribution in [2.45, 2.75) is 51.0 Å². The molecule has 0 heterocycles. The highest BCUT2D eigenvalue weighted by molar-refractivity contribution is 6.40. The van der Waals surface area contributed by atoms with E-state index in [1.54, 1.807) is 4.90 Å².